The number of halogens is 2. The molecule has 2 aromatic carbocycles. The van der Waals surface area contributed by atoms with Gasteiger partial charge in [0.2, 0.25) is 0 Å². The van der Waals surface area contributed by atoms with Gasteiger partial charge in [-0.15, -0.1) is 0 Å². The van der Waals surface area contributed by atoms with E-state index in [1.165, 1.54) is 16.8 Å². The van der Waals surface area contributed by atoms with Gasteiger partial charge in [0.15, 0.2) is 17.3 Å². The van der Waals surface area contributed by atoms with Crippen molar-refractivity contribution in [3.05, 3.63) is 77.0 Å². The first kappa shape index (κ1) is 26.2. The van der Waals surface area contributed by atoms with E-state index in [1.54, 1.807) is 25.1 Å². The maximum atomic E-state index is 13.1. The number of rotatable bonds is 6. The standard InChI is InChI=1S/C13H17F2NO.C13H13N5O2/c1-17-7-6-16-5-4-11(9-16)10-2-3-12(14)13(15)8-10;1-17-7-9-10(12(17)19)16-18(11(9)15-13(14)20)8-5-3-2-4-6-8/h2-3,8,11H,4-7,9H2,1H3;2-6H,7H2,1H3,(H3,14,15,20). The van der Waals surface area contributed by atoms with Gasteiger partial charge in [-0.1, -0.05) is 24.3 Å². The Morgan fingerprint density at radius 1 is 1.19 bits per heavy atom. The van der Waals surface area contributed by atoms with E-state index in [0.29, 0.717) is 36.1 Å². The molecule has 1 unspecified atom stereocenters. The lowest BCUT2D eigenvalue weighted by atomic mass is 9.98. The molecule has 1 aromatic heterocycles. The third-order valence-electron chi connectivity index (χ3n) is 6.47. The van der Waals surface area contributed by atoms with E-state index in [0.717, 1.165) is 37.3 Å². The number of amides is 3. The maximum absolute atomic E-state index is 13.1. The Balaban J connectivity index is 0.000000176. The number of likely N-dealkylation sites (tertiary alicyclic amines) is 1. The number of anilines is 1. The van der Waals surface area contributed by atoms with Crippen LogP contribution in [-0.2, 0) is 11.3 Å². The first-order valence-electron chi connectivity index (χ1n) is 11.9. The summed E-state index contributed by atoms with van der Waals surface area (Å²) in [5, 5.41) is 6.85. The lowest BCUT2D eigenvalue weighted by Gasteiger charge is -2.15. The van der Waals surface area contributed by atoms with Crippen LogP contribution in [-0.4, -0.2) is 71.9 Å². The molecule has 9 nitrogen and oxygen atoms in total. The molecular formula is C26H30F2N6O3. The number of primary amides is 1. The highest BCUT2D eigenvalue weighted by molar-refractivity contribution is 6.00. The number of carbonyl (C=O) groups is 2. The van der Waals surface area contributed by atoms with E-state index in [-0.39, 0.29) is 5.91 Å². The van der Waals surface area contributed by atoms with Crippen molar-refractivity contribution in [1.29, 1.82) is 0 Å². The molecule has 0 bridgehead atoms. The number of hydrogen-bond donors (Lipinski definition) is 2. The largest absolute Gasteiger partial charge is 0.383 e. The molecule has 1 saturated heterocycles. The van der Waals surface area contributed by atoms with Gasteiger partial charge >= 0.3 is 6.03 Å². The van der Waals surface area contributed by atoms with Crippen molar-refractivity contribution in [2.45, 2.75) is 18.9 Å². The van der Waals surface area contributed by atoms with Crippen molar-refractivity contribution in [1.82, 2.24) is 19.6 Å². The van der Waals surface area contributed by atoms with Crippen molar-refractivity contribution in [3.8, 4) is 5.69 Å². The fourth-order valence-electron chi connectivity index (χ4n) is 4.56. The summed E-state index contributed by atoms with van der Waals surface area (Å²) in [7, 11) is 3.37. The molecule has 11 heteroatoms. The third-order valence-corrected chi connectivity index (χ3v) is 6.47. The molecule has 1 fully saturated rings. The number of methoxy groups -OCH3 is 1. The number of nitrogens with two attached hydrogens (primary N) is 1. The predicted octanol–water partition coefficient (Wildman–Crippen LogP) is 3.35. The van der Waals surface area contributed by atoms with Crippen LogP contribution >= 0.6 is 0 Å². The van der Waals surface area contributed by atoms with E-state index < -0.39 is 17.7 Å². The van der Waals surface area contributed by atoms with Gasteiger partial charge in [0, 0.05) is 32.8 Å². The minimum Gasteiger partial charge on any atom is -0.383 e. The number of para-hydroxylation sites is 1. The van der Waals surface area contributed by atoms with Crippen LogP contribution in [0.2, 0.25) is 0 Å². The number of aromatic nitrogens is 2. The summed E-state index contributed by atoms with van der Waals surface area (Å²) in [6.07, 6.45) is 0.995. The lowest BCUT2D eigenvalue weighted by molar-refractivity contribution is 0.0810. The van der Waals surface area contributed by atoms with Crippen LogP contribution < -0.4 is 11.1 Å². The Kier molecular flexibility index (Phi) is 8.14. The summed E-state index contributed by atoms with van der Waals surface area (Å²) in [5.74, 6) is -0.943. The summed E-state index contributed by atoms with van der Waals surface area (Å²) < 4.78 is 32.5. The summed E-state index contributed by atoms with van der Waals surface area (Å²) in [6.45, 7) is 3.90. The van der Waals surface area contributed by atoms with E-state index in [2.05, 4.69) is 15.3 Å². The van der Waals surface area contributed by atoms with Gasteiger partial charge in [-0.25, -0.2) is 18.3 Å². The average molecular weight is 513 g/mol. The Morgan fingerprint density at radius 2 is 1.95 bits per heavy atom. The van der Waals surface area contributed by atoms with E-state index in [4.69, 9.17) is 10.5 Å². The molecule has 196 valence electrons. The molecule has 37 heavy (non-hydrogen) atoms. The molecule has 0 aliphatic carbocycles. The van der Waals surface area contributed by atoms with Crippen LogP contribution in [0.3, 0.4) is 0 Å². The molecule has 3 aromatic rings. The second-order valence-corrected chi connectivity index (χ2v) is 9.03. The van der Waals surface area contributed by atoms with Gasteiger partial charge in [-0.2, -0.15) is 5.10 Å². The molecule has 2 aliphatic heterocycles. The minimum absolute atomic E-state index is 0.165. The Bertz CT molecular complexity index is 1270. The second kappa shape index (κ2) is 11.5. The third kappa shape index (κ3) is 5.95. The number of ether oxygens (including phenoxy) is 1. The molecule has 3 heterocycles. The summed E-state index contributed by atoms with van der Waals surface area (Å²) in [4.78, 5) is 27.0. The molecule has 0 radical (unpaired) electrons. The molecule has 3 N–H and O–H groups in total. The number of fused-ring (bicyclic) bond motifs is 1. The highest BCUT2D eigenvalue weighted by Gasteiger charge is 2.33. The first-order valence-corrected chi connectivity index (χ1v) is 11.9. The van der Waals surface area contributed by atoms with Crippen LogP contribution in [0.25, 0.3) is 5.69 Å². The van der Waals surface area contributed by atoms with Crippen LogP contribution in [0.15, 0.2) is 48.5 Å². The number of urea groups is 1. The first-order chi connectivity index (χ1) is 17.8. The van der Waals surface area contributed by atoms with Crippen molar-refractivity contribution >= 4 is 17.8 Å². The van der Waals surface area contributed by atoms with Gasteiger partial charge in [0.25, 0.3) is 5.91 Å². The quantitative estimate of drug-likeness (QED) is 0.527. The summed E-state index contributed by atoms with van der Waals surface area (Å²) in [6, 6.07) is 12.8. The van der Waals surface area contributed by atoms with Crippen molar-refractivity contribution in [2.24, 2.45) is 5.73 Å². The van der Waals surface area contributed by atoms with Crippen LogP contribution in [0.5, 0.6) is 0 Å². The molecule has 5 rings (SSSR count). The average Bonchev–Trinajstić information content (AvgIpc) is 3.57. The minimum atomic E-state index is -0.775. The Morgan fingerprint density at radius 3 is 2.62 bits per heavy atom. The summed E-state index contributed by atoms with van der Waals surface area (Å²) >= 11 is 0. The zero-order valence-corrected chi connectivity index (χ0v) is 20.8. The van der Waals surface area contributed by atoms with Crippen LogP contribution in [0.1, 0.15) is 34.0 Å². The van der Waals surface area contributed by atoms with E-state index >= 15 is 0 Å². The predicted molar refractivity (Wildman–Crippen MR) is 135 cm³/mol. The fourth-order valence-corrected chi connectivity index (χ4v) is 4.56. The van der Waals surface area contributed by atoms with Gasteiger partial charge < -0.3 is 20.3 Å². The maximum Gasteiger partial charge on any atom is 0.317 e. The molecule has 3 amide bonds. The number of hydrogen-bond acceptors (Lipinski definition) is 5. The number of carbonyl (C=O) groups excluding carboxylic acids is 2. The Hall–Kier alpha value is -3.83. The summed E-state index contributed by atoms with van der Waals surface area (Å²) in [5.41, 5.74) is 7.88. The molecule has 1 atom stereocenters. The SMILES string of the molecule is CN1Cc2c(nn(-c3ccccc3)c2NC(N)=O)C1=O.COCCN1CCC(c2ccc(F)c(F)c2)C1. The molecular weight excluding hydrogens is 482 g/mol. The second-order valence-electron chi connectivity index (χ2n) is 9.03. The zero-order valence-electron chi connectivity index (χ0n) is 20.8. The van der Waals surface area contributed by atoms with Gasteiger partial charge in [0.1, 0.15) is 5.82 Å². The van der Waals surface area contributed by atoms with Gasteiger partial charge in [-0.3, -0.25) is 10.1 Å². The number of nitrogens with zero attached hydrogens (tertiary/aromatic N) is 4. The highest BCUT2D eigenvalue weighted by Crippen LogP contribution is 2.30. The highest BCUT2D eigenvalue weighted by atomic mass is 19.2. The Labute approximate surface area is 213 Å². The van der Waals surface area contributed by atoms with Gasteiger partial charge in [0.05, 0.1) is 18.8 Å². The molecule has 0 spiro atoms. The topological polar surface area (TPSA) is 106 Å². The monoisotopic (exact) mass is 512 g/mol. The van der Waals surface area contributed by atoms with Crippen molar-refractivity contribution in [3.63, 3.8) is 0 Å². The van der Waals surface area contributed by atoms with Crippen LogP contribution in [0.4, 0.5) is 19.4 Å². The number of nitrogens with one attached hydrogen (secondary N) is 1. The lowest BCUT2D eigenvalue weighted by Crippen LogP contribution is -2.24. The molecule has 2 aliphatic rings. The number of benzene rings is 2. The van der Waals surface area contributed by atoms with Gasteiger partial charge in [-0.05, 0) is 48.7 Å². The van der Waals surface area contributed by atoms with E-state index in [1.807, 2.05) is 30.3 Å². The van der Waals surface area contributed by atoms with Crippen molar-refractivity contribution < 1.29 is 23.1 Å². The van der Waals surface area contributed by atoms with Crippen LogP contribution in [0, 0.1) is 11.6 Å². The molecule has 0 saturated carbocycles. The fraction of sp³-hybridized carbons (Fsp3) is 0.346. The van der Waals surface area contributed by atoms with E-state index in [9.17, 15) is 18.4 Å². The zero-order chi connectivity index (χ0) is 26.5. The van der Waals surface area contributed by atoms with Crippen molar-refractivity contribution in [2.75, 3.05) is 45.7 Å². The normalized spacial score (nSPS) is 16.9. The smallest absolute Gasteiger partial charge is 0.317 e.